The van der Waals surface area contributed by atoms with Gasteiger partial charge in [0, 0.05) is 11.3 Å². The van der Waals surface area contributed by atoms with E-state index < -0.39 is 16.8 Å². The summed E-state index contributed by atoms with van der Waals surface area (Å²) in [4.78, 5) is 31.8. The highest BCUT2D eigenvalue weighted by molar-refractivity contribution is 8.01. The van der Waals surface area contributed by atoms with Crippen LogP contribution < -0.4 is 0 Å². The predicted molar refractivity (Wildman–Crippen MR) is 133 cm³/mol. The number of aromatic hydroxyl groups is 1. The molecule has 4 rings (SSSR count). The number of thiazole rings is 1. The summed E-state index contributed by atoms with van der Waals surface area (Å²) in [5.41, 5.74) is 4.07. The molecule has 1 aliphatic rings. The quantitative estimate of drug-likeness (QED) is 0.322. The summed E-state index contributed by atoms with van der Waals surface area (Å²) in [5, 5.41) is 8.66. The van der Waals surface area contributed by atoms with E-state index in [9.17, 15) is 14.7 Å². The number of rotatable bonds is 7. The Morgan fingerprint density at radius 1 is 1.18 bits per heavy atom. The molecule has 1 fully saturated rings. The lowest BCUT2D eigenvalue weighted by Gasteiger charge is -2.41. The number of ether oxygens (including phenoxy) is 1. The van der Waals surface area contributed by atoms with E-state index in [1.165, 1.54) is 11.8 Å². The zero-order valence-electron chi connectivity index (χ0n) is 19.3. The van der Waals surface area contributed by atoms with E-state index in [1.54, 1.807) is 23.5 Å². The van der Waals surface area contributed by atoms with Crippen molar-refractivity contribution in [2.75, 3.05) is 0 Å². The summed E-state index contributed by atoms with van der Waals surface area (Å²) in [6.45, 7) is 8.20. The minimum atomic E-state index is -0.853. The number of cyclic esters (lactones) is 1. The zero-order valence-corrected chi connectivity index (χ0v) is 21.0. The molecule has 0 aliphatic carbocycles. The molecule has 7 heteroatoms. The molecule has 1 saturated heterocycles. The summed E-state index contributed by atoms with van der Waals surface area (Å²) in [6.07, 6.45) is 1.44. The molecule has 1 aromatic heterocycles. The molecular formula is C26H29NO4S2. The lowest BCUT2D eigenvalue weighted by atomic mass is 9.78. The van der Waals surface area contributed by atoms with Gasteiger partial charge in [-0.3, -0.25) is 9.59 Å². The number of aryl methyl sites for hydroxylation is 1. The lowest BCUT2D eigenvalue weighted by molar-refractivity contribution is -0.176. The molecule has 0 saturated carbocycles. The summed E-state index contributed by atoms with van der Waals surface area (Å²) in [6, 6.07) is 11.1. The average molecular weight is 484 g/mol. The summed E-state index contributed by atoms with van der Waals surface area (Å²) >= 11 is 2.86. The number of carbonyl (C=O) groups excluding carboxylic acids is 2. The molecule has 0 radical (unpaired) electrons. The molecule has 2 heterocycles. The summed E-state index contributed by atoms with van der Waals surface area (Å²) in [5.74, 6) is -0.0557. The molecule has 1 aliphatic heterocycles. The molecule has 1 N–H and O–H groups in total. The van der Waals surface area contributed by atoms with Gasteiger partial charge in [-0.15, -0.1) is 23.1 Å². The molecule has 3 aromatic rings. The number of Topliss-reactive ketones (excluding diaryl/α,β-unsaturated/α-hetero) is 1. The van der Waals surface area contributed by atoms with E-state index in [-0.39, 0.29) is 29.8 Å². The van der Waals surface area contributed by atoms with Crippen LogP contribution >= 0.6 is 23.1 Å². The van der Waals surface area contributed by atoms with E-state index in [0.717, 1.165) is 26.2 Å². The third-order valence-electron chi connectivity index (χ3n) is 6.44. The van der Waals surface area contributed by atoms with Crippen LogP contribution in [0, 0.1) is 5.92 Å². The number of aromatic nitrogens is 1. The van der Waals surface area contributed by atoms with Gasteiger partial charge in [-0.05, 0) is 60.1 Å². The first kappa shape index (κ1) is 23.8. The Bertz CT molecular complexity index is 1150. The van der Waals surface area contributed by atoms with Crippen LogP contribution in [-0.4, -0.2) is 32.7 Å². The Morgan fingerprint density at radius 3 is 2.55 bits per heavy atom. The molecule has 1 unspecified atom stereocenters. The molecule has 5 nitrogen and oxygen atoms in total. The first-order valence-electron chi connectivity index (χ1n) is 11.3. The van der Waals surface area contributed by atoms with Crippen LogP contribution in [0.25, 0.3) is 10.2 Å². The number of hydrogen-bond acceptors (Lipinski definition) is 7. The second-order valence-electron chi connectivity index (χ2n) is 9.31. The van der Waals surface area contributed by atoms with E-state index in [4.69, 9.17) is 4.74 Å². The van der Waals surface area contributed by atoms with Crippen LogP contribution in [0.1, 0.15) is 57.6 Å². The largest absolute Gasteiger partial charge is 0.508 e. The maximum Gasteiger partial charge on any atom is 0.327 e. The van der Waals surface area contributed by atoms with Crippen LogP contribution in [0.4, 0.5) is 0 Å². The summed E-state index contributed by atoms with van der Waals surface area (Å²) < 4.78 is 7.11. The number of esters is 1. The van der Waals surface area contributed by atoms with Crippen molar-refractivity contribution in [3.05, 3.63) is 53.0 Å². The Morgan fingerprint density at radius 2 is 1.91 bits per heavy atom. The normalized spacial score (nSPS) is 21.2. The Labute approximate surface area is 202 Å². The van der Waals surface area contributed by atoms with Gasteiger partial charge < -0.3 is 9.84 Å². The maximum atomic E-state index is 13.3. The standard InChI is InChI=1S/C26H29NO4S2/c1-15(2)19-11-20-23(32-14-27-20)12-22(19)33-24-21(29)13-26(16(3)4,31-25(24)30)10-9-17-5-7-18(28)8-6-17/h5-8,11-12,14-16,24,28H,9-10,13H2,1-4H3/t24?,26-/m0/s1. The number of nitrogens with zero attached hydrogens (tertiary/aromatic N) is 1. The fourth-order valence-corrected chi connectivity index (χ4v) is 6.28. The Hall–Kier alpha value is -2.38. The molecule has 2 aromatic carbocycles. The van der Waals surface area contributed by atoms with Gasteiger partial charge in [0.05, 0.1) is 15.7 Å². The Balaban J connectivity index is 1.55. The topological polar surface area (TPSA) is 76.5 Å². The van der Waals surface area contributed by atoms with Crippen molar-refractivity contribution < 1.29 is 19.4 Å². The first-order valence-corrected chi connectivity index (χ1v) is 13.0. The number of phenolic OH excluding ortho intramolecular Hbond substituents is 1. The Kier molecular flexibility index (Phi) is 6.82. The SMILES string of the molecule is CC(C)c1cc2ncsc2cc1SC1C(=O)C[C@@](CCc2ccc(O)cc2)(C(C)C)OC1=O. The third-order valence-corrected chi connectivity index (χ3v) is 8.53. The molecule has 0 bridgehead atoms. The minimum absolute atomic E-state index is 0.00762. The van der Waals surface area contributed by atoms with Gasteiger partial charge in [-0.25, -0.2) is 4.98 Å². The van der Waals surface area contributed by atoms with Crippen molar-refractivity contribution in [3.63, 3.8) is 0 Å². The average Bonchev–Trinajstić information content (AvgIpc) is 3.22. The number of phenols is 1. The van der Waals surface area contributed by atoms with Gasteiger partial charge >= 0.3 is 5.97 Å². The highest BCUT2D eigenvalue weighted by Crippen LogP contribution is 2.42. The van der Waals surface area contributed by atoms with Crippen LogP contribution in [-0.2, 0) is 20.7 Å². The number of fused-ring (bicyclic) bond motifs is 1. The van der Waals surface area contributed by atoms with E-state index in [1.807, 2.05) is 37.6 Å². The second kappa shape index (κ2) is 9.47. The monoisotopic (exact) mass is 483 g/mol. The van der Waals surface area contributed by atoms with Crippen molar-refractivity contribution in [2.24, 2.45) is 5.92 Å². The highest BCUT2D eigenvalue weighted by atomic mass is 32.2. The van der Waals surface area contributed by atoms with Crippen molar-refractivity contribution in [1.82, 2.24) is 4.98 Å². The number of thioether (sulfide) groups is 1. The molecule has 2 atom stereocenters. The van der Waals surface area contributed by atoms with Crippen LogP contribution in [0.3, 0.4) is 0 Å². The van der Waals surface area contributed by atoms with Crippen molar-refractivity contribution in [3.8, 4) is 5.75 Å². The fourth-order valence-electron chi connectivity index (χ4n) is 4.27. The number of benzene rings is 2. The summed E-state index contributed by atoms with van der Waals surface area (Å²) in [7, 11) is 0. The fraction of sp³-hybridized carbons (Fsp3) is 0.423. The van der Waals surface area contributed by atoms with Crippen molar-refractivity contribution in [1.29, 1.82) is 0 Å². The van der Waals surface area contributed by atoms with Gasteiger partial charge in [-0.2, -0.15) is 0 Å². The van der Waals surface area contributed by atoms with Gasteiger partial charge in [-0.1, -0.05) is 39.8 Å². The van der Waals surface area contributed by atoms with Gasteiger partial charge in [0.1, 0.15) is 11.4 Å². The molecule has 0 spiro atoms. The molecular weight excluding hydrogens is 454 g/mol. The number of hydrogen-bond donors (Lipinski definition) is 1. The van der Waals surface area contributed by atoms with E-state index in [2.05, 4.69) is 24.9 Å². The lowest BCUT2D eigenvalue weighted by Crippen LogP contribution is -2.52. The number of carbonyl (C=O) groups is 2. The first-order chi connectivity index (χ1) is 15.7. The second-order valence-corrected chi connectivity index (χ2v) is 11.3. The highest BCUT2D eigenvalue weighted by Gasteiger charge is 2.49. The van der Waals surface area contributed by atoms with E-state index in [0.29, 0.717) is 12.8 Å². The van der Waals surface area contributed by atoms with Gasteiger partial charge in [0.25, 0.3) is 0 Å². The van der Waals surface area contributed by atoms with E-state index >= 15 is 0 Å². The predicted octanol–water partition coefficient (Wildman–Crippen LogP) is 6.13. The zero-order chi connectivity index (χ0) is 23.8. The van der Waals surface area contributed by atoms with Crippen LogP contribution in [0.15, 0.2) is 46.8 Å². The van der Waals surface area contributed by atoms with Crippen molar-refractivity contribution >= 4 is 45.1 Å². The molecule has 174 valence electrons. The molecule has 0 amide bonds. The number of ketones is 1. The minimum Gasteiger partial charge on any atom is -0.508 e. The van der Waals surface area contributed by atoms with Gasteiger partial charge in [0.2, 0.25) is 0 Å². The molecule has 33 heavy (non-hydrogen) atoms. The van der Waals surface area contributed by atoms with Gasteiger partial charge in [0.15, 0.2) is 11.0 Å². The smallest absolute Gasteiger partial charge is 0.327 e. The van der Waals surface area contributed by atoms with Crippen molar-refractivity contribution in [2.45, 2.75) is 68.6 Å². The third kappa shape index (κ3) is 4.94. The maximum absolute atomic E-state index is 13.3. The van der Waals surface area contributed by atoms with Crippen LogP contribution in [0.2, 0.25) is 0 Å². The van der Waals surface area contributed by atoms with Crippen LogP contribution in [0.5, 0.6) is 5.75 Å².